The van der Waals surface area contributed by atoms with Crippen LogP contribution in [0.1, 0.15) is 10.4 Å². The number of aromatic nitrogens is 2. The number of anilines is 1. The molecule has 0 aliphatic rings. The van der Waals surface area contributed by atoms with Gasteiger partial charge >= 0.3 is 0 Å². The Balaban J connectivity index is 1.81. The summed E-state index contributed by atoms with van der Waals surface area (Å²) >= 11 is 3.35. The normalized spacial score (nSPS) is 10.9. The maximum atomic E-state index is 4.54. The van der Waals surface area contributed by atoms with E-state index in [0.29, 0.717) is 0 Å². The van der Waals surface area contributed by atoms with Gasteiger partial charge in [0.05, 0.1) is 22.3 Å². The van der Waals surface area contributed by atoms with Crippen molar-refractivity contribution < 1.29 is 0 Å². The van der Waals surface area contributed by atoms with E-state index in [0.717, 1.165) is 17.2 Å². The van der Waals surface area contributed by atoms with Crippen LogP contribution in [0, 0.1) is 6.92 Å². The molecule has 17 heavy (non-hydrogen) atoms. The van der Waals surface area contributed by atoms with Gasteiger partial charge in [-0.3, -0.25) is 4.98 Å². The number of benzene rings is 1. The second-order valence-electron chi connectivity index (χ2n) is 3.81. The summed E-state index contributed by atoms with van der Waals surface area (Å²) in [6, 6.07) is 6.33. The number of thiazole rings is 2. The number of hydrogen-bond donors (Lipinski definition) is 1. The van der Waals surface area contributed by atoms with Gasteiger partial charge in [0.1, 0.15) is 0 Å². The van der Waals surface area contributed by atoms with Gasteiger partial charge in [-0.15, -0.1) is 11.3 Å². The molecule has 0 aliphatic carbocycles. The Morgan fingerprint density at radius 3 is 3.12 bits per heavy atom. The molecule has 0 unspecified atom stereocenters. The molecule has 0 atom stereocenters. The van der Waals surface area contributed by atoms with Crippen LogP contribution < -0.4 is 5.32 Å². The number of aryl methyl sites for hydroxylation is 1. The Morgan fingerprint density at radius 1 is 1.35 bits per heavy atom. The first-order valence-corrected chi connectivity index (χ1v) is 6.99. The van der Waals surface area contributed by atoms with E-state index in [2.05, 4.69) is 40.4 Å². The molecular weight excluding hydrogens is 250 g/mol. The van der Waals surface area contributed by atoms with Crippen molar-refractivity contribution in [2.24, 2.45) is 0 Å². The minimum Gasteiger partial charge on any atom is -0.357 e. The average Bonchev–Trinajstić information content (AvgIpc) is 2.94. The molecule has 0 aliphatic heterocycles. The fraction of sp³-hybridized carbons (Fsp3) is 0.167. The smallest absolute Gasteiger partial charge is 0.184 e. The van der Waals surface area contributed by atoms with E-state index in [9.17, 15) is 0 Å². The molecule has 0 spiro atoms. The first-order chi connectivity index (χ1) is 8.31. The van der Waals surface area contributed by atoms with Gasteiger partial charge in [-0.2, -0.15) is 0 Å². The summed E-state index contributed by atoms with van der Waals surface area (Å²) in [7, 11) is 0. The lowest BCUT2D eigenvalue weighted by Gasteiger charge is -1.97. The number of nitrogens with one attached hydrogen (secondary N) is 1. The topological polar surface area (TPSA) is 37.8 Å². The third-order valence-electron chi connectivity index (χ3n) is 2.44. The quantitative estimate of drug-likeness (QED) is 0.781. The summed E-state index contributed by atoms with van der Waals surface area (Å²) in [5.74, 6) is 0. The van der Waals surface area contributed by atoms with E-state index in [-0.39, 0.29) is 0 Å². The van der Waals surface area contributed by atoms with Crippen LogP contribution in [0.15, 0.2) is 29.9 Å². The fourth-order valence-corrected chi connectivity index (χ4v) is 3.09. The summed E-state index contributed by atoms with van der Waals surface area (Å²) in [5, 5.41) is 4.31. The highest BCUT2D eigenvalue weighted by Gasteiger charge is 2.03. The van der Waals surface area contributed by atoms with Crippen LogP contribution in [0.3, 0.4) is 0 Å². The van der Waals surface area contributed by atoms with Crippen molar-refractivity contribution in [1.29, 1.82) is 0 Å². The molecule has 0 fully saturated rings. The molecule has 5 heteroatoms. The molecule has 0 amide bonds. The van der Waals surface area contributed by atoms with Crippen LogP contribution in [0.4, 0.5) is 5.13 Å². The third-order valence-corrected chi connectivity index (χ3v) is 4.20. The Bertz CT molecular complexity index is 628. The maximum absolute atomic E-state index is 4.54. The molecule has 2 heterocycles. The molecule has 1 aromatic carbocycles. The zero-order chi connectivity index (χ0) is 11.7. The second kappa shape index (κ2) is 4.43. The average molecular weight is 261 g/mol. The van der Waals surface area contributed by atoms with E-state index >= 15 is 0 Å². The minimum absolute atomic E-state index is 0.795. The van der Waals surface area contributed by atoms with Crippen LogP contribution in [-0.2, 0) is 6.54 Å². The number of hydrogen-bond acceptors (Lipinski definition) is 5. The molecule has 86 valence electrons. The van der Waals surface area contributed by atoms with Crippen molar-refractivity contribution >= 4 is 38.0 Å². The Labute approximate surface area is 107 Å². The summed E-state index contributed by atoms with van der Waals surface area (Å²) in [4.78, 5) is 9.82. The third kappa shape index (κ3) is 2.30. The van der Waals surface area contributed by atoms with Crippen LogP contribution in [0.5, 0.6) is 0 Å². The van der Waals surface area contributed by atoms with E-state index in [1.54, 1.807) is 22.7 Å². The lowest BCUT2D eigenvalue weighted by molar-refractivity contribution is 1.16. The monoisotopic (exact) mass is 261 g/mol. The van der Waals surface area contributed by atoms with E-state index in [4.69, 9.17) is 0 Å². The van der Waals surface area contributed by atoms with Gasteiger partial charge in [-0.1, -0.05) is 17.4 Å². The molecule has 3 nitrogen and oxygen atoms in total. The van der Waals surface area contributed by atoms with Gasteiger partial charge in [0.15, 0.2) is 5.13 Å². The summed E-state index contributed by atoms with van der Waals surface area (Å²) in [6.45, 7) is 2.90. The van der Waals surface area contributed by atoms with Crippen LogP contribution in [0.2, 0.25) is 0 Å². The lowest BCUT2D eigenvalue weighted by Crippen LogP contribution is -1.96. The highest BCUT2D eigenvalue weighted by atomic mass is 32.1. The van der Waals surface area contributed by atoms with Gasteiger partial charge < -0.3 is 5.32 Å². The molecule has 0 bridgehead atoms. The lowest BCUT2D eigenvalue weighted by atomic mass is 10.2. The van der Waals surface area contributed by atoms with Crippen LogP contribution in [0.25, 0.3) is 10.2 Å². The van der Waals surface area contributed by atoms with Crippen molar-refractivity contribution in [3.05, 3.63) is 40.3 Å². The Kier molecular flexibility index (Phi) is 2.78. The first-order valence-electron chi connectivity index (χ1n) is 5.30. The van der Waals surface area contributed by atoms with E-state index in [1.807, 2.05) is 11.7 Å². The predicted molar refractivity (Wildman–Crippen MR) is 73.8 cm³/mol. The van der Waals surface area contributed by atoms with Crippen molar-refractivity contribution in [2.75, 3.05) is 5.32 Å². The maximum Gasteiger partial charge on any atom is 0.184 e. The minimum atomic E-state index is 0.795. The largest absolute Gasteiger partial charge is 0.357 e. The van der Waals surface area contributed by atoms with Gasteiger partial charge in [0.25, 0.3) is 0 Å². The zero-order valence-electron chi connectivity index (χ0n) is 9.30. The van der Waals surface area contributed by atoms with E-state index < -0.39 is 0 Å². The van der Waals surface area contributed by atoms with Gasteiger partial charge in [-0.25, -0.2) is 4.98 Å². The van der Waals surface area contributed by atoms with Gasteiger partial charge in [-0.05, 0) is 24.6 Å². The van der Waals surface area contributed by atoms with Gasteiger partial charge in [0.2, 0.25) is 0 Å². The molecule has 1 N–H and O–H groups in total. The number of rotatable bonds is 3. The zero-order valence-corrected chi connectivity index (χ0v) is 10.9. The standard InChI is InChI=1S/C12H11N3S2/c1-8-2-3-10-11(4-8)17-12(15-10)14-6-9-5-13-7-16-9/h2-5,7H,6H2,1H3,(H,14,15). The van der Waals surface area contributed by atoms with Crippen LogP contribution >= 0.6 is 22.7 Å². The number of nitrogens with zero attached hydrogens (tertiary/aromatic N) is 2. The van der Waals surface area contributed by atoms with Crippen molar-refractivity contribution in [3.63, 3.8) is 0 Å². The van der Waals surface area contributed by atoms with Gasteiger partial charge in [0, 0.05) is 11.1 Å². The Hall–Kier alpha value is -1.46. The van der Waals surface area contributed by atoms with E-state index in [1.165, 1.54) is 15.1 Å². The highest BCUT2D eigenvalue weighted by Crippen LogP contribution is 2.27. The SMILES string of the molecule is Cc1ccc2nc(NCc3cncs3)sc2c1. The molecule has 2 aromatic heterocycles. The summed E-state index contributed by atoms with van der Waals surface area (Å²) in [6.07, 6.45) is 1.88. The molecule has 3 aromatic rings. The molecule has 0 radical (unpaired) electrons. The fourth-order valence-electron chi connectivity index (χ4n) is 1.60. The van der Waals surface area contributed by atoms with Crippen LogP contribution in [-0.4, -0.2) is 9.97 Å². The second-order valence-corrected chi connectivity index (χ2v) is 5.81. The predicted octanol–water partition coefficient (Wildman–Crippen LogP) is 3.67. The van der Waals surface area contributed by atoms with Crippen molar-refractivity contribution in [1.82, 2.24) is 9.97 Å². The molecule has 0 saturated heterocycles. The van der Waals surface area contributed by atoms with Crippen molar-refractivity contribution in [3.8, 4) is 0 Å². The first kappa shape index (κ1) is 10.7. The van der Waals surface area contributed by atoms with Crippen molar-refractivity contribution in [2.45, 2.75) is 13.5 Å². The Morgan fingerprint density at radius 2 is 2.29 bits per heavy atom. The summed E-state index contributed by atoms with van der Waals surface area (Å²) < 4.78 is 1.23. The molecule has 0 saturated carbocycles. The molecule has 3 rings (SSSR count). The highest BCUT2D eigenvalue weighted by molar-refractivity contribution is 7.22. The number of fused-ring (bicyclic) bond motifs is 1. The molecular formula is C12H11N3S2. The summed E-state index contributed by atoms with van der Waals surface area (Å²) in [5.41, 5.74) is 4.18.